The normalized spacial score (nSPS) is 18.7. The molecule has 1 saturated carbocycles. The number of nitrogens with one attached hydrogen (secondary N) is 1. The minimum Gasteiger partial charge on any atom is -0.354 e. The van der Waals surface area contributed by atoms with Gasteiger partial charge in [0.05, 0.1) is 0 Å². The summed E-state index contributed by atoms with van der Waals surface area (Å²) in [4.78, 5) is 26.5. The second-order valence-corrected chi connectivity index (χ2v) is 7.39. The fraction of sp³-hybridized carbons (Fsp3) is 0.600. The molecule has 1 unspecified atom stereocenters. The number of nitrogens with two attached hydrogens (primary N) is 1. The Morgan fingerprint density at radius 3 is 2.38 bits per heavy atom. The lowest BCUT2D eigenvalue weighted by molar-refractivity contribution is -0.135. The van der Waals surface area contributed by atoms with Crippen molar-refractivity contribution in [2.75, 3.05) is 19.6 Å². The molecule has 0 bridgehead atoms. The fourth-order valence-electron chi connectivity index (χ4n) is 3.50. The number of hydrogen-bond donors (Lipinski definition) is 2. The van der Waals surface area contributed by atoms with Gasteiger partial charge in [0.2, 0.25) is 11.8 Å². The summed E-state index contributed by atoms with van der Waals surface area (Å²) < 4.78 is 0. The maximum Gasteiger partial charge on any atom is 0.223 e. The second kappa shape index (κ2) is 9.93. The number of nitrogens with zero attached hydrogens (tertiary/aromatic N) is 1. The van der Waals surface area contributed by atoms with Crippen LogP contribution in [-0.4, -0.2) is 42.4 Å². The van der Waals surface area contributed by atoms with Crippen LogP contribution in [-0.2, 0) is 16.0 Å². The number of benzene rings is 1. The molecule has 0 aromatic heterocycles. The minimum atomic E-state index is 0. The number of piperidine rings is 1. The summed E-state index contributed by atoms with van der Waals surface area (Å²) in [5.41, 5.74) is 7.22. The average Bonchev–Trinajstić information content (AvgIpc) is 3.50. The molecule has 1 atom stereocenters. The first-order chi connectivity index (χ1) is 12.1. The van der Waals surface area contributed by atoms with Crippen LogP contribution in [0.4, 0.5) is 0 Å². The standard InChI is InChI=1S/C20H29N3O2.ClH/c21-18(16-7-8-16)14-22-20(25)17-10-12-23(13-11-17)19(24)9-6-15-4-2-1-3-5-15;/h1-5,16-18H,6-14,21H2,(H,22,25);1H. The molecule has 2 amide bonds. The van der Waals surface area contributed by atoms with Crippen LogP contribution in [0.15, 0.2) is 30.3 Å². The molecule has 3 rings (SSSR count). The predicted molar refractivity (Wildman–Crippen MR) is 105 cm³/mol. The zero-order chi connectivity index (χ0) is 17.6. The van der Waals surface area contributed by atoms with Crippen molar-refractivity contribution in [1.29, 1.82) is 0 Å². The SMILES string of the molecule is Cl.NC(CNC(=O)C1CCN(C(=O)CCc2ccccc2)CC1)C1CC1. The van der Waals surface area contributed by atoms with Gasteiger partial charge in [0.25, 0.3) is 0 Å². The predicted octanol–water partition coefficient (Wildman–Crippen LogP) is 2.13. The van der Waals surface area contributed by atoms with E-state index in [1.54, 1.807) is 0 Å². The zero-order valence-electron chi connectivity index (χ0n) is 15.2. The van der Waals surface area contributed by atoms with Crippen LogP contribution in [0.2, 0.25) is 0 Å². The highest BCUT2D eigenvalue weighted by Crippen LogP contribution is 2.31. The van der Waals surface area contributed by atoms with Gasteiger partial charge in [-0.05, 0) is 43.6 Å². The molecule has 1 saturated heterocycles. The third kappa shape index (κ3) is 5.99. The molecular formula is C20H30ClN3O2. The van der Waals surface area contributed by atoms with Crippen molar-refractivity contribution in [1.82, 2.24) is 10.2 Å². The molecule has 1 aliphatic carbocycles. The molecule has 5 nitrogen and oxygen atoms in total. The number of aryl methyl sites for hydroxylation is 1. The Hall–Kier alpha value is -1.59. The monoisotopic (exact) mass is 379 g/mol. The summed E-state index contributed by atoms with van der Waals surface area (Å²) in [6, 6.07) is 10.2. The summed E-state index contributed by atoms with van der Waals surface area (Å²) in [5.74, 6) is 0.917. The van der Waals surface area contributed by atoms with E-state index in [0.29, 0.717) is 32.0 Å². The quantitative estimate of drug-likeness (QED) is 0.762. The van der Waals surface area contributed by atoms with Crippen LogP contribution in [0.25, 0.3) is 0 Å². The highest BCUT2D eigenvalue weighted by molar-refractivity contribution is 5.85. The van der Waals surface area contributed by atoms with Crippen molar-refractivity contribution in [3.8, 4) is 0 Å². The summed E-state index contributed by atoms with van der Waals surface area (Å²) in [5, 5.41) is 3.00. The van der Waals surface area contributed by atoms with Crippen LogP contribution < -0.4 is 11.1 Å². The van der Waals surface area contributed by atoms with Crippen molar-refractivity contribution in [3.63, 3.8) is 0 Å². The topological polar surface area (TPSA) is 75.4 Å². The van der Waals surface area contributed by atoms with Gasteiger partial charge in [-0.15, -0.1) is 12.4 Å². The number of carbonyl (C=O) groups excluding carboxylic acids is 2. The van der Waals surface area contributed by atoms with Gasteiger partial charge >= 0.3 is 0 Å². The molecule has 26 heavy (non-hydrogen) atoms. The highest BCUT2D eigenvalue weighted by Gasteiger charge is 2.30. The third-order valence-electron chi connectivity index (χ3n) is 5.43. The Morgan fingerprint density at radius 1 is 1.12 bits per heavy atom. The summed E-state index contributed by atoms with van der Waals surface area (Å²) in [6.07, 6.45) is 5.21. The van der Waals surface area contributed by atoms with Gasteiger partial charge in [0, 0.05) is 38.0 Å². The second-order valence-electron chi connectivity index (χ2n) is 7.39. The van der Waals surface area contributed by atoms with Crippen LogP contribution in [0.5, 0.6) is 0 Å². The number of amides is 2. The fourth-order valence-corrected chi connectivity index (χ4v) is 3.50. The molecule has 144 valence electrons. The highest BCUT2D eigenvalue weighted by atomic mass is 35.5. The zero-order valence-corrected chi connectivity index (χ0v) is 16.0. The van der Waals surface area contributed by atoms with Crippen LogP contribution in [0.1, 0.15) is 37.7 Å². The largest absolute Gasteiger partial charge is 0.354 e. The van der Waals surface area contributed by atoms with Gasteiger partial charge in [-0.25, -0.2) is 0 Å². The van der Waals surface area contributed by atoms with Crippen LogP contribution in [0.3, 0.4) is 0 Å². The Bertz CT molecular complexity index is 584. The molecular weight excluding hydrogens is 350 g/mol. The van der Waals surface area contributed by atoms with E-state index in [9.17, 15) is 9.59 Å². The first-order valence-electron chi connectivity index (χ1n) is 9.48. The smallest absolute Gasteiger partial charge is 0.223 e. The Labute approximate surface area is 162 Å². The van der Waals surface area contributed by atoms with Crippen LogP contribution in [0, 0.1) is 11.8 Å². The Kier molecular flexibility index (Phi) is 7.91. The number of halogens is 1. The van der Waals surface area contributed by atoms with E-state index in [1.165, 1.54) is 18.4 Å². The van der Waals surface area contributed by atoms with E-state index in [0.717, 1.165) is 19.3 Å². The van der Waals surface area contributed by atoms with Crippen molar-refractivity contribution in [2.24, 2.45) is 17.6 Å². The molecule has 1 aliphatic heterocycles. The molecule has 0 spiro atoms. The molecule has 1 aromatic rings. The molecule has 1 aromatic carbocycles. The number of likely N-dealkylation sites (tertiary alicyclic amines) is 1. The molecule has 6 heteroatoms. The molecule has 2 fully saturated rings. The van der Waals surface area contributed by atoms with Crippen molar-refractivity contribution in [3.05, 3.63) is 35.9 Å². The van der Waals surface area contributed by atoms with Crippen molar-refractivity contribution < 1.29 is 9.59 Å². The lowest BCUT2D eigenvalue weighted by Crippen LogP contribution is -2.45. The maximum atomic E-state index is 12.4. The number of hydrogen-bond acceptors (Lipinski definition) is 3. The van der Waals surface area contributed by atoms with Gasteiger partial charge < -0.3 is 16.0 Å². The van der Waals surface area contributed by atoms with Crippen molar-refractivity contribution in [2.45, 2.75) is 44.6 Å². The van der Waals surface area contributed by atoms with E-state index in [1.807, 2.05) is 23.1 Å². The first-order valence-corrected chi connectivity index (χ1v) is 9.48. The van der Waals surface area contributed by atoms with Crippen LogP contribution >= 0.6 is 12.4 Å². The van der Waals surface area contributed by atoms with Gasteiger partial charge in [-0.2, -0.15) is 0 Å². The minimum absolute atomic E-state index is 0. The molecule has 0 radical (unpaired) electrons. The van der Waals surface area contributed by atoms with E-state index < -0.39 is 0 Å². The third-order valence-corrected chi connectivity index (χ3v) is 5.43. The molecule has 2 aliphatic rings. The van der Waals surface area contributed by atoms with Gasteiger partial charge in [0.15, 0.2) is 0 Å². The lowest BCUT2D eigenvalue weighted by Gasteiger charge is -2.31. The van der Waals surface area contributed by atoms with Gasteiger partial charge in [0.1, 0.15) is 0 Å². The van der Waals surface area contributed by atoms with Gasteiger partial charge in [-0.3, -0.25) is 9.59 Å². The summed E-state index contributed by atoms with van der Waals surface area (Å²) in [7, 11) is 0. The number of carbonyl (C=O) groups is 2. The number of rotatable bonds is 7. The van der Waals surface area contributed by atoms with Gasteiger partial charge in [-0.1, -0.05) is 30.3 Å². The van der Waals surface area contributed by atoms with E-state index in [2.05, 4.69) is 17.4 Å². The lowest BCUT2D eigenvalue weighted by atomic mass is 9.95. The van der Waals surface area contributed by atoms with Crippen molar-refractivity contribution >= 4 is 24.2 Å². The first kappa shape index (κ1) is 20.7. The maximum absolute atomic E-state index is 12.4. The summed E-state index contributed by atoms with van der Waals surface area (Å²) in [6.45, 7) is 1.94. The van der Waals surface area contributed by atoms with E-state index in [4.69, 9.17) is 5.73 Å². The Balaban J connectivity index is 0.00000243. The molecule has 1 heterocycles. The summed E-state index contributed by atoms with van der Waals surface area (Å²) >= 11 is 0. The van der Waals surface area contributed by atoms with E-state index >= 15 is 0 Å². The van der Waals surface area contributed by atoms with E-state index in [-0.39, 0.29) is 36.2 Å². The molecule has 3 N–H and O–H groups in total. The Morgan fingerprint density at radius 2 is 1.77 bits per heavy atom. The average molecular weight is 380 g/mol.